The molecule has 4 nitrogen and oxygen atoms in total. The Balaban J connectivity index is 2.89. The number of carbonyl (C=O) groups excluding carboxylic acids is 1. The van der Waals surface area contributed by atoms with E-state index in [1.54, 1.807) is 0 Å². The maximum atomic E-state index is 14.0. The number of alkyl halides is 6. The Morgan fingerprint density at radius 1 is 0.964 bits per heavy atom. The second-order valence-corrected chi connectivity index (χ2v) is 5.01. The van der Waals surface area contributed by atoms with Gasteiger partial charge in [-0.25, -0.2) is 27.0 Å². The fourth-order valence-corrected chi connectivity index (χ4v) is 2.20. The largest absolute Gasteiger partial charge is 0.462 e. The third kappa shape index (κ3) is 3.49. The zero-order valence-corrected chi connectivity index (χ0v) is 13.3. The van der Waals surface area contributed by atoms with Gasteiger partial charge in [0.15, 0.2) is 29.0 Å². The number of aromatic nitrogens is 2. The predicted octanol–water partition coefficient (Wildman–Crippen LogP) is 4.64. The molecule has 0 aliphatic rings. The van der Waals surface area contributed by atoms with Crippen molar-refractivity contribution in [3.8, 4) is 5.69 Å². The summed E-state index contributed by atoms with van der Waals surface area (Å²) in [6.07, 6.45) is -11.3. The minimum atomic E-state index is -5.89. The van der Waals surface area contributed by atoms with Crippen molar-refractivity contribution < 1.29 is 53.4 Å². The van der Waals surface area contributed by atoms with Crippen LogP contribution in [0.5, 0.6) is 0 Å². The van der Waals surface area contributed by atoms with Crippen LogP contribution >= 0.6 is 0 Å². The summed E-state index contributed by atoms with van der Waals surface area (Å²) in [5, 5.41) is 2.85. The lowest BCUT2D eigenvalue weighted by Crippen LogP contribution is -2.22. The third-order valence-electron chi connectivity index (χ3n) is 3.27. The number of hydrogen-bond acceptors (Lipinski definition) is 3. The summed E-state index contributed by atoms with van der Waals surface area (Å²) in [6.45, 7) is 0.809. The summed E-state index contributed by atoms with van der Waals surface area (Å²) >= 11 is 0. The first-order valence-corrected chi connectivity index (χ1v) is 6.99. The van der Waals surface area contributed by atoms with Crippen LogP contribution in [0.15, 0.2) is 6.20 Å². The Hall–Kier alpha value is -2.80. The van der Waals surface area contributed by atoms with E-state index in [2.05, 4.69) is 9.84 Å². The summed E-state index contributed by atoms with van der Waals surface area (Å²) < 4.78 is 137. The van der Waals surface area contributed by atoms with Crippen molar-refractivity contribution in [2.24, 2.45) is 0 Å². The van der Waals surface area contributed by atoms with E-state index in [-0.39, 0.29) is 6.20 Å². The van der Waals surface area contributed by atoms with Gasteiger partial charge in [-0.1, -0.05) is 0 Å². The van der Waals surface area contributed by atoms with Gasteiger partial charge in [-0.05, 0) is 6.92 Å². The third-order valence-corrected chi connectivity index (χ3v) is 3.27. The number of benzene rings is 1. The van der Waals surface area contributed by atoms with Crippen LogP contribution < -0.4 is 0 Å². The Morgan fingerprint density at radius 2 is 1.46 bits per heavy atom. The number of nitrogens with zero attached hydrogens (tertiary/aromatic N) is 2. The summed E-state index contributed by atoms with van der Waals surface area (Å²) in [5.41, 5.74) is -8.79. The summed E-state index contributed by atoms with van der Waals surface area (Å²) in [6, 6.07) is 0. The van der Waals surface area contributed by atoms with Crippen LogP contribution in [0.4, 0.5) is 43.9 Å². The summed E-state index contributed by atoms with van der Waals surface area (Å²) in [7, 11) is 0. The fraction of sp³-hybridized carbons (Fsp3) is 0.286. The lowest BCUT2D eigenvalue weighted by molar-refractivity contribution is -0.144. The molecule has 0 saturated heterocycles. The van der Waals surface area contributed by atoms with Gasteiger partial charge < -0.3 is 4.74 Å². The van der Waals surface area contributed by atoms with Crippen LogP contribution in [-0.4, -0.2) is 22.4 Å². The van der Waals surface area contributed by atoms with Gasteiger partial charge in [0.2, 0.25) is 0 Å². The van der Waals surface area contributed by atoms with Crippen LogP contribution in [-0.2, 0) is 17.1 Å². The summed E-state index contributed by atoms with van der Waals surface area (Å²) in [4.78, 5) is 11.6. The molecular weight excluding hydrogens is 418 g/mol. The first-order valence-electron chi connectivity index (χ1n) is 6.99. The smallest absolute Gasteiger partial charge is 0.434 e. The number of carbonyl (C=O) groups is 1. The zero-order valence-electron chi connectivity index (χ0n) is 13.3. The molecule has 0 radical (unpaired) electrons. The first-order chi connectivity index (χ1) is 12.7. The molecule has 0 saturated carbocycles. The Labute approximate surface area is 148 Å². The van der Waals surface area contributed by atoms with Crippen molar-refractivity contribution in [3.05, 3.63) is 46.3 Å². The molecule has 0 fully saturated rings. The van der Waals surface area contributed by atoms with Crippen LogP contribution in [0.2, 0.25) is 0 Å². The van der Waals surface area contributed by atoms with Crippen LogP contribution in [0.25, 0.3) is 5.69 Å². The zero-order chi connectivity index (χ0) is 21.6. The molecule has 14 heteroatoms. The van der Waals surface area contributed by atoms with Gasteiger partial charge in [0, 0.05) is 0 Å². The molecule has 1 aromatic heterocycles. The average Bonchev–Trinajstić information content (AvgIpc) is 2.97. The fourth-order valence-electron chi connectivity index (χ4n) is 2.20. The number of hydrogen-bond donors (Lipinski definition) is 0. The van der Waals surface area contributed by atoms with E-state index in [1.165, 1.54) is 6.92 Å². The van der Waals surface area contributed by atoms with Crippen LogP contribution in [0, 0.1) is 23.3 Å². The van der Waals surface area contributed by atoms with E-state index in [1.807, 2.05) is 0 Å². The number of rotatable bonds is 3. The van der Waals surface area contributed by atoms with E-state index in [4.69, 9.17) is 0 Å². The molecule has 2 rings (SSSR count). The van der Waals surface area contributed by atoms with Gasteiger partial charge in [-0.3, -0.25) is 0 Å². The molecule has 1 heterocycles. The van der Waals surface area contributed by atoms with Crippen LogP contribution in [0.1, 0.15) is 28.5 Å². The number of halogens is 10. The van der Waals surface area contributed by atoms with Crippen molar-refractivity contribution >= 4 is 5.97 Å². The first kappa shape index (κ1) is 21.5. The van der Waals surface area contributed by atoms with E-state index in [9.17, 15) is 48.7 Å². The van der Waals surface area contributed by atoms with E-state index in [0.29, 0.717) is 0 Å². The molecule has 0 aliphatic carbocycles. The predicted molar refractivity (Wildman–Crippen MR) is 69.4 cm³/mol. The van der Waals surface area contributed by atoms with Gasteiger partial charge in [-0.2, -0.15) is 31.4 Å². The second kappa shape index (κ2) is 6.98. The normalized spacial score (nSPS) is 12.4. The van der Waals surface area contributed by atoms with E-state index < -0.39 is 75.4 Å². The Kier molecular flexibility index (Phi) is 5.36. The standard InChI is InChI=1S/C14H6F10N2O2/c1-2-28-12(27)4-3-25-26(11(4)14(22,23)24)10-8(17)6(15)5(13(19,20)21)7(16)9(10)18/h3H,2H2,1H3. The molecule has 0 unspecified atom stereocenters. The average molecular weight is 424 g/mol. The van der Waals surface area contributed by atoms with Crippen molar-refractivity contribution in [3.63, 3.8) is 0 Å². The Morgan fingerprint density at radius 3 is 1.86 bits per heavy atom. The Bertz CT molecular complexity index is 901. The highest BCUT2D eigenvalue weighted by atomic mass is 19.4. The maximum Gasteiger partial charge on any atom is 0.434 e. The van der Waals surface area contributed by atoms with Gasteiger partial charge >= 0.3 is 18.3 Å². The van der Waals surface area contributed by atoms with Crippen molar-refractivity contribution in [1.29, 1.82) is 0 Å². The molecule has 0 spiro atoms. The number of ether oxygens (including phenoxy) is 1. The molecule has 0 aliphatic heterocycles. The molecule has 0 N–H and O–H groups in total. The molecule has 0 atom stereocenters. The quantitative estimate of drug-likeness (QED) is 0.410. The lowest BCUT2D eigenvalue weighted by Gasteiger charge is -2.16. The number of esters is 1. The highest BCUT2D eigenvalue weighted by Gasteiger charge is 2.46. The monoisotopic (exact) mass is 424 g/mol. The van der Waals surface area contributed by atoms with E-state index in [0.717, 1.165) is 0 Å². The minimum absolute atomic E-state index is 0.132. The van der Waals surface area contributed by atoms with E-state index >= 15 is 0 Å². The second-order valence-electron chi connectivity index (χ2n) is 5.01. The molecule has 154 valence electrons. The highest BCUT2D eigenvalue weighted by molar-refractivity contribution is 5.90. The molecule has 0 amide bonds. The van der Waals surface area contributed by atoms with Crippen molar-refractivity contribution in [1.82, 2.24) is 9.78 Å². The molecule has 28 heavy (non-hydrogen) atoms. The minimum Gasteiger partial charge on any atom is -0.462 e. The molecule has 0 bridgehead atoms. The summed E-state index contributed by atoms with van der Waals surface area (Å²) in [5.74, 6) is -13.2. The maximum absolute atomic E-state index is 14.0. The molecule has 1 aromatic carbocycles. The highest BCUT2D eigenvalue weighted by Crippen LogP contribution is 2.40. The van der Waals surface area contributed by atoms with Gasteiger partial charge in [0.1, 0.15) is 16.8 Å². The topological polar surface area (TPSA) is 44.1 Å². The van der Waals surface area contributed by atoms with Crippen molar-refractivity contribution in [2.45, 2.75) is 19.3 Å². The van der Waals surface area contributed by atoms with Crippen molar-refractivity contribution in [2.75, 3.05) is 6.61 Å². The van der Waals surface area contributed by atoms with Gasteiger partial charge in [-0.15, -0.1) is 0 Å². The lowest BCUT2D eigenvalue weighted by atomic mass is 10.1. The molecular formula is C14H6F10N2O2. The van der Waals surface area contributed by atoms with Gasteiger partial charge in [0.05, 0.1) is 12.8 Å². The SMILES string of the molecule is CCOC(=O)c1cnn(-c2c(F)c(F)c(C(F)(F)F)c(F)c2F)c1C(F)(F)F. The van der Waals surface area contributed by atoms with Gasteiger partial charge in [0.25, 0.3) is 0 Å². The van der Waals surface area contributed by atoms with Crippen LogP contribution in [0.3, 0.4) is 0 Å². The molecule has 2 aromatic rings.